The Hall–Kier alpha value is -5.38. The zero-order chi connectivity index (χ0) is 46.6. The summed E-state index contributed by atoms with van der Waals surface area (Å²) in [5.74, 6) is -0.500. The summed E-state index contributed by atoms with van der Waals surface area (Å²) in [6.07, 6.45) is 1.84. The summed E-state index contributed by atoms with van der Waals surface area (Å²) in [6.45, 7) is 22.0. The Balaban J connectivity index is 0.000000211. The van der Waals surface area contributed by atoms with Gasteiger partial charge in [0, 0.05) is 13.1 Å². The van der Waals surface area contributed by atoms with Crippen LogP contribution >= 0.6 is 0 Å². The number of alkyl carbamates (subject to hydrolysis) is 1. The Morgan fingerprint density at radius 2 is 1.30 bits per heavy atom. The Bertz CT molecular complexity index is 2030. The van der Waals surface area contributed by atoms with Crippen molar-refractivity contribution in [3.63, 3.8) is 0 Å². The van der Waals surface area contributed by atoms with Gasteiger partial charge in [0.15, 0.2) is 12.7 Å². The zero-order valence-corrected chi connectivity index (χ0v) is 38.2. The first-order valence-electron chi connectivity index (χ1n) is 21.4. The van der Waals surface area contributed by atoms with Gasteiger partial charge in [-0.15, -0.1) is 0 Å². The molecular formula is C41H62N10O12. The number of likely N-dealkylation sites (tertiary alicyclic amines) is 4. The first-order chi connectivity index (χ1) is 29.3. The smallest absolute Gasteiger partial charge is 0.413 e. The number of carbonyl (C=O) groups is 6. The van der Waals surface area contributed by atoms with Gasteiger partial charge in [-0.1, -0.05) is 10.3 Å². The first-order valence-corrected chi connectivity index (χ1v) is 21.4. The van der Waals surface area contributed by atoms with E-state index >= 15 is 0 Å². The molecule has 0 saturated carbocycles. The quantitative estimate of drug-likeness (QED) is 0.361. The number of rotatable bonds is 8. The van der Waals surface area contributed by atoms with Gasteiger partial charge in [-0.3, -0.25) is 24.1 Å². The van der Waals surface area contributed by atoms with Gasteiger partial charge in [0.2, 0.25) is 23.6 Å². The van der Waals surface area contributed by atoms with Crippen LogP contribution in [-0.2, 0) is 46.5 Å². The molecule has 22 heteroatoms. The van der Waals surface area contributed by atoms with Crippen LogP contribution in [0.1, 0.15) is 121 Å². The highest BCUT2D eigenvalue weighted by Crippen LogP contribution is 2.47. The van der Waals surface area contributed by atoms with Crippen molar-refractivity contribution in [2.45, 2.75) is 186 Å². The van der Waals surface area contributed by atoms with Crippen LogP contribution in [-0.4, -0.2) is 163 Å². The fourth-order valence-corrected chi connectivity index (χ4v) is 9.67. The number of β-lactam (4-membered cyclic amide) rings is 2. The molecule has 5 saturated heterocycles. The van der Waals surface area contributed by atoms with Gasteiger partial charge >= 0.3 is 12.2 Å². The molecular weight excluding hydrogens is 825 g/mol. The van der Waals surface area contributed by atoms with Gasteiger partial charge in [-0.25, -0.2) is 9.59 Å². The lowest BCUT2D eigenvalue weighted by molar-refractivity contribution is -0.180. The molecule has 0 aliphatic carbocycles. The highest BCUT2D eigenvalue weighted by Gasteiger charge is 2.68. The van der Waals surface area contributed by atoms with Crippen molar-refractivity contribution in [3.05, 3.63) is 24.4 Å². The third-order valence-corrected chi connectivity index (χ3v) is 12.4. The maximum atomic E-state index is 13.9. The highest BCUT2D eigenvalue weighted by atomic mass is 16.6. The van der Waals surface area contributed by atoms with E-state index in [9.17, 15) is 33.9 Å². The first kappa shape index (κ1) is 47.1. The number of aromatic nitrogens is 4. The van der Waals surface area contributed by atoms with Crippen LogP contribution in [0, 0.1) is 0 Å². The molecule has 2 aromatic heterocycles. The summed E-state index contributed by atoms with van der Waals surface area (Å²) in [5.41, 5.74) is -4.45. The number of amides is 6. The lowest BCUT2D eigenvalue weighted by Crippen LogP contribution is -2.78. The molecule has 22 nitrogen and oxygen atoms in total. The number of nitrogens with zero attached hydrogens (tertiary/aromatic N) is 9. The van der Waals surface area contributed by atoms with Gasteiger partial charge in [0.05, 0.1) is 24.3 Å². The summed E-state index contributed by atoms with van der Waals surface area (Å²) < 4.78 is 26.9. The summed E-state index contributed by atoms with van der Waals surface area (Å²) in [7, 11) is 0. The maximum absolute atomic E-state index is 13.9. The molecule has 8 atom stereocenters. The summed E-state index contributed by atoms with van der Waals surface area (Å²) in [6, 6.07) is -2.63. The number of nitrogens with one attached hydrogen (secondary N) is 1. The van der Waals surface area contributed by atoms with Gasteiger partial charge in [-0.05, 0) is 109 Å². The second-order valence-corrected chi connectivity index (χ2v) is 19.4. The maximum Gasteiger partial charge on any atom is 0.413 e. The Morgan fingerprint density at radius 3 is 1.73 bits per heavy atom. The second kappa shape index (κ2) is 17.0. The van der Waals surface area contributed by atoms with Gasteiger partial charge in [0.25, 0.3) is 11.8 Å². The van der Waals surface area contributed by atoms with E-state index in [1.807, 2.05) is 13.8 Å². The van der Waals surface area contributed by atoms with Gasteiger partial charge in [0.1, 0.15) is 53.2 Å². The molecule has 2 N–H and O–H groups in total. The summed E-state index contributed by atoms with van der Waals surface area (Å²) >= 11 is 0. The van der Waals surface area contributed by atoms with Gasteiger partial charge < -0.3 is 53.3 Å². The predicted molar refractivity (Wildman–Crippen MR) is 217 cm³/mol. The number of hydrogen-bond donors (Lipinski definition) is 2. The van der Waals surface area contributed by atoms with Crippen molar-refractivity contribution >= 4 is 35.8 Å². The van der Waals surface area contributed by atoms with Crippen molar-refractivity contribution < 1.29 is 57.1 Å². The van der Waals surface area contributed by atoms with E-state index < -0.39 is 70.4 Å². The molecule has 7 rings (SSSR count). The lowest BCUT2D eigenvalue weighted by Gasteiger charge is -2.56. The normalized spacial score (nSPS) is 28.7. The minimum Gasteiger partial charge on any atom is -0.444 e. The lowest BCUT2D eigenvalue weighted by atomic mass is 9.77. The van der Waals surface area contributed by atoms with E-state index in [4.69, 9.17) is 23.3 Å². The molecule has 7 heterocycles. The van der Waals surface area contributed by atoms with E-state index in [1.54, 1.807) is 77.0 Å². The van der Waals surface area contributed by atoms with E-state index in [0.717, 1.165) is 0 Å². The number of ether oxygens (including phenoxy) is 3. The van der Waals surface area contributed by atoms with Crippen LogP contribution < -0.4 is 5.32 Å². The molecule has 0 bridgehead atoms. The Kier molecular flexibility index (Phi) is 12.7. The highest BCUT2D eigenvalue weighted by molar-refractivity contribution is 6.01. The van der Waals surface area contributed by atoms with Crippen LogP contribution in [0.25, 0.3) is 0 Å². The molecule has 0 aromatic carbocycles. The van der Waals surface area contributed by atoms with Crippen molar-refractivity contribution in [2.24, 2.45) is 0 Å². The molecule has 5 unspecified atom stereocenters. The molecule has 5 aliphatic heterocycles. The van der Waals surface area contributed by atoms with Crippen LogP contribution in [0.4, 0.5) is 9.59 Å². The Labute approximate surface area is 366 Å². The fraction of sp³-hybridized carbons (Fsp3) is 0.756. The molecule has 63 heavy (non-hydrogen) atoms. The minimum atomic E-state index is -1.22. The van der Waals surface area contributed by atoms with E-state index in [1.165, 1.54) is 29.4 Å². The predicted octanol–water partition coefficient (Wildman–Crippen LogP) is 2.36. The molecule has 2 aromatic rings. The van der Waals surface area contributed by atoms with E-state index in [-0.39, 0.29) is 42.9 Å². The number of aliphatic hydroxyl groups excluding tert-OH is 1. The largest absolute Gasteiger partial charge is 0.444 e. The second-order valence-electron chi connectivity index (χ2n) is 19.4. The average molecular weight is 887 g/mol. The molecule has 0 radical (unpaired) electrons. The monoisotopic (exact) mass is 886 g/mol. The summed E-state index contributed by atoms with van der Waals surface area (Å²) in [5, 5.41) is 19.7. The Morgan fingerprint density at radius 1 is 0.825 bits per heavy atom. The SMILES string of the molecule is CC1N(Cc2ncno2)C(=O)C12CCCN2C(=O)C1[C@@H](C)OC(C)(C)N1C(=O)OC(C)(C)C.CC1N(Cc2ncno2)C(=O)C12CCCN2C(=O)[C@@H](NC(=O)OC(C)(C)C)[C@@H](C)O. The third kappa shape index (κ3) is 8.67. The van der Waals surface area contributed by atoms with Crippen LogP contribution in [0.5, 0.6) is 0 Å². The molecule has 5 aliphatic rings. The van der Waals surface area contributed by atoms with Crippen LogP contribution in [0.2, 0.25) is 0 Å². The molecule has 5 fully saturated rings. The van der Waals surface area contributed by atoms with E-state index in [2.05, 4.69) is 25.6 Å². The number of carbonyl (C=O) groups excluding carboxylic acids is 6. The van der Waals surface area contributed by atoms with Gasteiger partial charge in [-0.2, -0.15) is 9.97 Å². The minimum absolute atomic E-state index is 0.145. The van der Waals surface area contributed by atoms with Crippen molar-refractivity contribution in [1.82, 2.24) is 50.1 Å². The van der Waals surface area contributed by atoms with Crippen molar-refractivity contribution in [3.8, 4) is 0 Å². The third-order valence-electron chi connectivity index (χ3n) is 12.4. The van der Waals surface area contributed by atoms with E-state index in [0.29, 0.717) is 50.6 Å². The average Bonchev–Trinajstić information content (AvgIpc) is 4.03. The van der Waals surface area contributed by atoms with Crippen LogP contribution in [0.15, 0.2) is 21.7 Å². The van der Waals surface area contributed by atoms with Crippen LogP contribution in [0.3, 0.4) is 0 Å². The molecule has 6 amide bonds. The topological polar surface area (TPSA) is 256 Å². The molecule has 2 spiro atoms. The number of aliphatic hydroxyl groups is 1. The fourth-order valence-electron chi connectivity index (χ4n) is 9.67. The zero-order valence-electron chi connectivity index (χ0n) is 38.2. The molecule has 348 valence electrons. The summed E-state index contributed by atoms with van der Waals surface area (Å²) in [4.78, 5) is 94.7. The van der Waals surface area contributed by atoms with Crippen molar-refractivity contribution in [2.75, 3.05) is 13.1 Å². The standard InChI is InChI=1S/C22H33N5O6.C19H29N5O6/c1-13-16(27(21(6,7)31-13)19(30)32-20(3,4)5)17(28)26-10-8-9-22(26)14(2)25(18(22)29)11-15-23-12-24-33-15;1-11(25)14(22-17(28)29-18(3,4)5)15(26)24-8-6-7-19(24)12(2)23(16(19)27)9-13-20-10-21-30-13/h12-14,16H,8-11H2,1-7H3;10-12,14,25H,6-9H2,1-5H3,(H,22,28)/t13-,14?,16?,22?;11-,12?,14+,19?/m11/s1. The van der Waals surface area contributed by atoms with Crippen molar-refractivity contribution in [1.29, 1.82) is 0 Å². The number of hydrogen-bond acceptors (Lipinski definition) is 16.